The van der Waals surface area contributed by atoms with Crippen LogP contribution in [0, 0.1) is 5.92 Å². The van der Waals surface area contributed by atoms with Crippen molar-refractivity contribution in [2.24, 2.45) is 5.92 Å². The Hall–Kier alpha value is -1.13. The van der Waals surface area contributed by atoms with E-state index < -0.39 is 0 Å². The van der Waals surface area contributed by atoms with Crippen LogP contribution in [-0.2, 0) is 6.54 Å². The molecule has 0 atom stereocenters. The second-order valence-corrected chi connectivity index (χ2v) is 5.73. The summed E-state index contributed by atoms with van der Waals surface area (Å²) in [5.74, 6) is 1.77. The third-order valence-corrected chi connectivity index (χ3v) is 3.61. The molecule has 0 spiro atoms. The minimum Gasteiger partial charge on any atom is -0.373 e. The fraction of sp³-hybridized carbons (Fsp3) is 0.667. The van der Waals surface area contributed by atoms with Gasteiger partial charge < -0.3 is 10.2 Å². The maximum absolute atomic E-state index is 4.37. The molecule has 1 fully saturated rings. The summed E-state index contributed by atoms with van der Waals surface area (Å²) in [4.78, 5) is 9.46. The molecule has 1 aliphatic heterocycles. The van der Waals surface area contributed by atoms with Gasteiger partial charge in [0.2, 0.25) is 0 Å². The van der Waals surface area contributed by atoms with E-state index in [1.807, 2.05) is 19.3 Å². The van der Waals surface area contributed by atoms with Crippen molar-refractivity contribution in [2.75, 3.05) is 45.1 Å². The van der Waals surface area contributed by atoms with Gasteiger partial charge in [-0.3, -0.25) is 4.90 Å². The minimum absolute atomic E-state index is 0.765. The van der Waals surface area contributed by atoms with Crippen LogP contribution in [0.15, 0.2) is 18.3 Å². The number of anilines is 1. The first-order valence-electron chi connectivity index (χ1n) is 7.25. The summed E-state index contributed by atoms with van der Waals surface area (Å²) in [7, 11) is 1.94. The van der Waals surface area contributed by atoms with E-state index in [-0.39, 0.29) is 0 Å². The van der Waals surface area contributed by atoms with E-state index in [1.165, 1.54) is 25.2 Å². The molecule has 1 aromatic heterocycles. The van der Waals surface area contributed by atoms with Gasteiger partial charge in [-0.2, -0.15) is 0 Å². The highest BCUT2D eigenvalue weighted by molar-refractivity contribution is 5.42. The minimum atomic E-state index is 0.765. The summed E-state index contributed by atoms with van der Waals surface area (Å²) in [6.45, 7) is 11.5. The second-order valence-electron chi connectivity index (χ2n) is 5.73. The van der Waals surface area contributed by atoms with E-state index in [0.29, 0.717) is 0 Å². The van der Waals surface area contributed by atoms with E-state index in [9.17, 15) is 0 Å². The van der Waals surface area contributed by atoms with Gasteiger partial charge >= 0.3 is 0 Å². The predicted octanol–water partition coefficient (Wildman–Crippen LogP) is 1.90. The second kappa shape index (κ2) is 6.87. The number of nitrogens with one attached hydrogen (secondary N) is 1. The van der Waals surface area contributed by atoms with Crippen LogP contribution in [0.1, 0.15) is 19.4 Å². The highest BCUT2D eigenvalue weighted by atomic mass is 15.3. The van der Waals surface area contributed by atoms with Crippen molar-refractivity contribution < 1.29 is 0 Å². The van der Waals surface area contributed by atoms with Gasteiger partial charge in [-0.25, -0.2) is 4.98 Å². The van der Waals surface area contributed by atoms with Crippen LogP contribution in [-0.4, -0.2) is 54.6 Å². The molecular weight excluding hydrogens is 236 g/mol. The van der Waals surface area contributed by atoms with Gasteiger partial charge in [-0.05, 0) is 12.0 Å². The van der Waals surface area contributed by atoms with Crippen molar-refractivity contribution >= 4 is 5.82 Å². The summed E-state index contributed by atoms with van der Waals surface area (Å²) in [5, 5.41) is 3.17. The fourth-order valence-corrected chi connectivity index (χ4v) is 2.68. The van der Waals surface area contributed by atoms with Crippen LogP contribution in [0.25, 0.3) is 0 Å². The first kappa shape index (κ1) is 14.3. The summed E-state index contributed by atoms with van der Waals surface area (Å²) in [6, 6.07) is 4.19. The highest BCUT2D eigenvalue weighted by Crippen LogP contribution is 2.15. The van der Waals surface area contributed by atoms with Crippen LogP contribution in [0.3, 0.4) is 0 Å². The zero-order valence-electron chi connectivity index (χ0n) is 12.4. The average molecular weight is 262 g/mol. The molecule has 1 saturated heterocycles. The van der Waals surface area contributed by atoms with Gasteiger partial charge in [0.1, 0.15) is 5.82 Å². The van der Waals surface area contributed by atoms with Crippen molar-refractivity contribution in [1.82, 2.24) is 14.8 Å². The molecule has 0 unspecified atom stereocenters. The van der Waals surface area contributed by atoms with E-state index in [0.717, 1.165) is 31.4 Å². The number of hydrogen-bond donors (Lipinski definition) is 1. The lowest BCUT2D eigenvalue weighted by Gasteiger charge is -2.35. The van der Waals surface area contributed by atoms with E-state index in [1.54, 1.807) is 0 Å². The highest BCUT2D eigenvalue weighted by Gasteiger charge is 2.18. The average Bonchev–Trinajstić information content (AvgIpc) is 2.41. The van der Waals surface area contributed by atoms with Gasteiger partial charge in [0, 0.05) is 58.1 Å². The van der Waals surface area contributed by atoms with Crippen molar-refractivity contribution in [2.45, 2.75) is 20.4 Å². The Kier molecular flexibility index (Phi) is 5.16. The first-order valence-corrected chi connectivity index (χ1v) is 7.25. The van der Waals surface area contributed by atoms with Gasteiger partial charge in [0.25, 0.3) is 0 Å². The molecule has 0 aliphatic carbocycles. The molecule has 0 radical (unpaired) electrons. The molecular formula is C15H26N4. The van der Waals surface area contributed by atoms with Crippen LogP contribution < -0.4 is 5.32 Å². The molecule has 0 aromatic carbocycles. The standard InChI is InChI=1S/C15H26N4/c1-13(2)11-18-7-9-19(10-8-18)12-14-5-4-6-17-15(14)16-3/h4-6,13H,7-12H2,1-3H3,(H,16,17). The molecule has 1 aromatic rings. The van der Waals surface area contributed by atoms with Crippen LogP contribution in [0.4, 0.5) is 5.82 Å². The number of rotatable bonds is 5. The van der Waals surface area contributed by atoms with E-state index >= 15 is 0 Å². The van der Waals surface area contributed by atoms with Crippen molar-refractivity contribution in [3.05, 3.63) is 23.9 Å². The largest absolute Gasteiger partial charge is 0.373 e. The smallest absolute Gasteiger partial charge is 0.130 e. The van der Waals surface area contributed by atoms with Crippen molar-refractivity contribution in [1.29, 1.82) is 0 Å². The lowest BCUT2D eigenvalue weighted by atomic mass is 10.1. The molecule has 0 bridgehead atoms. The molecule has 19 heavy (non-hydrogen) atoms. The number of nitrogens with zero attached hydrogens (tertiary/aromatic N) is 3. The third kappa shape index (κ3) is 4.18. The van der Waals surface area contributed by atoms with Gasteiger partial charge in [0.05, 0.1) is 0 Å². The molecule has 2 heterocycles. The molecule has 2 rings (SSSR count). The maximum Gasteiger partial charge on any atom is 0.130 e. The molecule has 4 heteroatoms. The van der Waals surface area contributed by atoms with Crippen molar-refractivity contribution in [3.8, 4) is 0 Å². The summed E-state index contributed by atoms with van der Waals surface area (Å²) < 4.78 is 0. The van der Waals surface area contributed by atoms with Crippen molar-refractivity contribution in [3.63, 3.8) is 0 Å². The Bertz CT molecular complexity index is 383. The van der Waals surface area contributed by atoms with Gasteiger partial charge in [-0.1, -0.05) is 19.9 Å². The molecule has 106 valence electrons. The zero-order valence-corrected chi connectivity index (χ0v) is 12.4. The molecule has 1 N–H and O–H groups in total. The molecule has 1 aliphatic rings. The summed E-state index contributed by atoms with van der Waals surface area (Å²) >= 11 is 0. The van der Waals surface area contributed by atoms with E-state index in [4.69, 9.17) is 0 Å². The number of aromatic nitrogens is 1. The Morgan fingerprint density at radius 3 is 2.53 bits per heavy atom. The lowest BCUT2D eigenvalue weighted by molar-refractivity contribution is 0.117. The van der Waals surface area contributed by atoms with Gasteiger partial charge in [-0.15, -0.1) is 0 Å². The van der Waals surface area contributed by atoms with Crippen LogP contribution in [0.5, 0.6) is 0 Å². The predicted molar refractivity (Wildman–Crippen MR) is 80.3 cm³/mol. The topological polar surface area (TPSA) is 31.4 Å². The van der Waals surface area contributed by atoms with Gasteiger partial charge in [0.15, 0.2) is 0 Å². The molecule has 4 nitrogen and oxygen atoms in total. The summed E-state index contributed by atoms with van der Waals surface area (Å²) in [6.07, 6.45) is 1.84. The number of piperazine rings is 1. The molecule has 0 saturated carbocycles. The first-order chi connectivity index (χ1) is 9.19. The van der Waals surface area contributed by atoms with Crippen LogP contribution >= 0.6 is 0 Å². The zero-order chi connectivity index (χ0) is 13.7. The fourth-order valence-electron chi connectivity index (χ4n) is 2.68. The maximum atomic E-state index is 4.37. The normalized spacial score (nSPS) is 17.9. The monoisotopic (exact) mass is 262 g/mol. The Morgan fingerprint density at radius 1 is 1.21 bits per heavy atom. The Morgan fingerprint density at radius 2 is 1.89 bits per heavy atom. The lowest BCUT2D eigenvalue weighted by Crippen LogP contribution is -2.46. The summed E-state index contributed by atoms with van der Waals surface area (Å²) in [5.41, 5.74) is 1.29. The SMILES string of the molecule is CNc1ncccc1CN1CCN(CC(C)C)CC1. The molecule has 0 amide bonds. The Labute approximate surface area is 116 Å². The Balaban J connectivity index is 1.85. The van der Waals surface area contributed by atoms with Crippen LogP contribution in [0.2, 0.25) is 0 Å². The quantitative estimate of drug-likeness (QED) is 0.878. The number of hydrogen-bond acceptors (Lipinski definition) is 4. The third-order valence-electron chi connectivity index (χ3n) is 3.61. The number of pyridine rings is 1. The van der Waals surface area contributed by atoms with E-state index in [2.05, 4.69) is 40.0 Å².